The molecule has 2 aromatic heterocycles. The van der Waals surface area contributed by atoms with Crippen molar-refractivity contribution >= 4 is 22.9 Å². The monoisotopic (exact) mass is 664 g/mol. The van der Waals surface area contributed by atoms with E-state index in [9.17, 15) is 36.6 Å². The number of Topliss-reactive ketones (excluding diaryl/α,β-unsaturated/α-hetero) is 2. The van der Waals surface area contributed by atoms with Gasteiger partial charge in [-0.15, -0.1) is 10.2 Å². The molecular formula is C33H37F5N4O3S. The van der Waals surface area contributed by atoms with E-state index >= 15 is 0 Å². The van der Waals surface area contributed by atoms with Crippen LogP contribution in [-0.2, 0) is 16.4 Å². The van der Waals surface area contributed by atoms with E-state index in [1.807, 2.05) is 6.92 Å². The second-order valence-electron chi connectivity index (χ2n) is 13.9. The molecule has 2 aliphatic rings. The molecule has 0 spiro atoms. The number of aromatic nitrogens is 3. The minimum atomic E-state index is -4.55. The maximum absolute atomic E-state index is 14.3. The first-order chi connectivity index (χ1) is 21.3. The van der Waals surface area contributed by atoms with Crippen LogP contribution in [0.15, 0.2) is 30.3 Å². The van der Waals surface area contributed by atoms with E-state index in [-0.39, 0.29) is 63.8 Å². The third-order valence-corrected chi connectivity index (χ3v) is 10.2. The predicted octanol–water partition coefficient (Wildman–Crippen LogP) is 7.10. The number of halogens is 5. The Balaban J connectivity index is 1.34. The van der Waals surface area contributed by atoms with Crippen LogP contribution in [0.3, 0.4) is 0 Å². The minimum Gasteiger partial charge on any atom is -0.390 e. The Kier molecular flexibility index (Phi) is 9.26. The van der Waals surface area contributed by atoms with Crippen LogP contribution in [-0.4, -0.2) is 61.5 Å². The Hall–Kier alpha value is -3.16. The quantitative estimate of drug-likeness (QED) is 0.183. The lowest BCUT2D eigenvalue weighted by molar-refractivity contribution is -0.137. The summed E-state index contributed by atoms with van der Waals surface area (Å²) in [7, 11) is 0. The summed E-state index contributed by atoms with van der Waals surface area (Å²) in [6.07, 6.45) is -1.78. The number of alkyl halides is 3. The average molecular weight is 665 g/mol. The molecule has 1 N–H and O–H groups in total. The van der Waals surface area contributed by atoms with E-state index < -0.39 is 39.8 Å². The number of ketones is 2. The third-order valence-electron chi connectivity index (χ3n) is 9.17. The molecule has 3 aromatic rings. The normalized spacial score (nSPS) is 22.0. The number of carbonyl (C=O) groups is 2. The summed E-state index contributed by atoms with van der Waals surface area (Å²) >= 11 is 0.888. The van der Waals surface area contributed by atoms with Crippen molar-refractivity contribution in [1.82, 2.24) is 20.1 Å². The van der Waals surface area contributed by atoms with Gasteiger partial charge in [-0.25, -0.2) is 8.78 Å². The number of rotatable bonds is 10. The number of hydrogen-bond acceptors (Lipinski definition) is 8. The van der Waals surface area contributed by atoms with Crippen LogP contribution < -0.4 is 0 Å². The second-order valence-corrected chi connectivity index (χ2v) is 14.9. The van der Waals surface area contributed by atoms with Crippen LogP contribution in [0.4, 0.5) is 22.0 Å². The van der Waals surface area contributed by atoms with Gasteiger partial charge < -0.3 is 5.11 Å². The number of aryl methyl sites for hydroxylation is 1. The molecular weight excluding hydrogens is 627 g/mol. The van der Waals surface area contributed by atoms with Gasteiger partial charge in [-0.1, -0.05) is 25.2 Å². The Morgan fingerprint density at radius 3 is 2.35 bits per heavy atom. The first-order valence-electron chi connectivity index (χ1n) is 15.2. The van der Waals surface area contributed by atoms with E-state index in [0.717, 1.165) is 48.4 Å². The Morgan fingerprint density at radius 2 is 1.72 bits per heavy atom. The molecule has 1 saturated heterocycles. The van der Waals surface area contributed by atoms with Crippen molar-refractivity contribution in [3.05, 3.63) is 63.9 Å². The number of nitrogens with zero attached hydrogens (tertiary/aromatic N) is 4. The standard InChI is InChI=1S/C33H37F5N4O3S/c1-19-11-20(33(36,37)38)12-27(39-19)30(2,3)14-23(43)15-32(17-42(18-32)22-7-9-31(4,45)10-8-22)16-26(44)29-41-40-28(46-29)24-6-5-21(34)13-25(24)35/h5-6,11-13,22,45H,7-10,14-18H2,1-4H3. The van der Waals surface area contributed by atoms with Gasteiger partial charge in [0.15, 0.2) is 15.8 Å². The fourth-order valence-corrected chi connectivity index (χ4v) is 7.52. The number of aliphatic hydroxyl groups is 1. The summed E-state index contributed by atoms with van der Waals surface area (Å²) < 4.78 is 68.3. The van der Waals surface area contributed by atoms with Crippen LogP contribution in [0.5, 0.6) is 0 Å². The molecule has 0 amide bonds. The smallest absolute Gasteiger partial charge is 0.390 e. The molecule has 1 aromatic carbocycles. The molecule has 0 bridgehead atoms. The minimum absolute atomic E-state index is 0.0199. The Bertz CT molecular complexity index is 1620. The van der Waals surface area contributed by atoms with Gasteiger partial charge in [-0.05, 0) is 63.8 Å². The van der Waals surface area contributed by atoms with E-state index in [2.05, 4.69) is 20.1 Å². The second kappa shape index (κ2) is 12.5. The number of pyridine rings is 1. The lowest BCUT2D eigenvalue weighted by Gasteiger charge is -2.54. The van der Waals surface area contributed by atoms with Crippen molar-refractivity contribution in [3.8, 4) is 10.6 Å². The summed E-state index contributed by atoms with van der Waals surface area (Å²) in [5.74, 6) is -2.13. The summed E-state index contributed by atoms with van der Waals surface area (Å²) in [5.41, 5.74) is -2.90. The fraction of sp³-hybridized carbons (Fsp3) is 0.545. The van der Waals surface area contributed by atoms with Crippen LogP contribution in [0.2, 0.25) is 0 Å². The molecule has 248 valence electrons. The van der Waals surface area contributed by atoms with Crippen molar-refractivity contribution in [2.24, 2.45) is 5.41 Å². The topological polar surface area (TPSA) is 96.3 Å². The Labute approximate surface area is 268 Å². The highest BCUT2D eigenvalue weighted by atomic mass is 32.1. The molecule has 0 atom stereocenters. The van der Waals surface area contributed by atoms with Crippen LogP contribution in [0, 0.1) is 24.0 Å². The maximum atomic E-state index is 14.3. The van der Waals surface area contributed by atoms with Gasteiger partial charge in [0, 0.05) is 72.2 Å². The van der Waals surface area contributed by atoms with Gasteiger partial charge in [0.1, 0.15) is 17.4 Å². The lowest BCUT2D eigenvalue weighted by atomic mass is 9.68. The van der Waals surface area contributed by atoms with Gasteiger partial charge in [0.05, 0.1) is 11.2 Å². The molecule has 13 heteroatoms. The number of carbonyl (C=O) groups excluding carboxylic acids is 2. The van der Waals surface area contributed by atoms with Gasteiger partial charge in [0.25, 0.3) is 0 Å². The van der Waals surface area contributed by atoms with Crippen LogP contribution >= 0.6 is 11.3 Å². The first-order valence-corrected chi connectivity index (χ1v) is 16.0. The highest BCUT2D eigenvalue weighted by Crippen LogP contribution is 2.45. The Morgan fingerprint density at radius 1 is 1.04 bits per heavy atom. The van der Waals surface area contributed by atoms with Gasteiger partial charge >= 0.3 is 6.18 Å². The molecule has 1 aliphatic heterocycles. The van der Waals surface area contributed by atoms with E-state index in [1.165, 1.54) is 13.0 Å². The molecule has 0 radical (unpaired) electrons. The largest absolute Gasteiger partial charge is 0.416 e. The molecule has 46 heavy (non-hydrogen) atoms. The van der Waals surface area contributed by atoms with E-state index in [4.69, 9.17) is 0 Å². The molecule has 5 rings (SSSR count). The number of benzene rings is 1. The summed E-state index contributed by atoms with van der Waals surface area (Å²) in [6, 6.07) is 5.20. The van der Waals surface area contributed by atoms with Gasteiger partial charge in [-0.2, -0.15) is 13.2 Å². The van der Waals surface area contributed by atoms with Crippen molar-refractivity contribution in [3.63, 3.8) is 0 Å². The predicted molar refractivity (Wildman–Crippen MR) is 162 cm³/mol. The number of likely N-dealkylation sites (tertiary alicyclic amines) is 1. The summed E-state index contributed by atoms with van der Waals surface area (Å²) in [6.45, 7) is 7.57. The third kappa shape index (κ3) is 7.69. The molecule has 7 nitrogen and oxygen atoms in total. The molecule has 1 aliphatic carbocycles. The average Bonchev–Trinajstić information content (AvgIpc) is 3.40. The maximum Gasteiger partial charge on any atom is 0.416 e. The van der Waals surface area contributed by atoms with Gasteiger partial charge in [0.2, 0.25) is 0 Å². The van der Waals surface area contributed by atoms with Crippen molar-refractivity contribution < 1.29 is 36.6 Å². The molecule has 0 unspecified atom stereocenters. The molecule has 2 fully saturated rings. The summed E-state index contributed by atoms with van der Waals surface area (Å²) in [4.78, 5) is 33.7. The van der Waals surface area contributed by atoms with E-state index in [1.54, 1.807) is 13.8 Å². The number of hydrogen-bond donors (Lipinski definition) is 1. The first kappa shape index (κ1) is 34.2. The van der Waals surface area contributed by atoms with Crippen molar-refractivity contribution in [1.29, 1.82) is 0 Å². The van der Waals surface area contributed by atoms with Crippen molar-refractivity contribution in [2.75, 3.05) is 13.1 Å². The SMILES string of the molecule is Cc1cc(C(F)(F)F)cc(C(C)(C)CC(=O)CC2(CC(=O)c3nnc(-c4ccc(F)cc4F)s3)CN(C3CCC(C)(O)CC3)C2)n1. The fourth-order valence-electron chi connectivity index (χ4n) is 6.72. The highest BCUT2D eigenvalue weighted by molar-refractivity contribution is 7.16. The van der Waals surface area contributed by atoms with Gasteiger partial charge in [-0.3, -0.25) is 19.5 Å². The van der Waals surface area contributed by atoms with E-state index in [0.29, 0.717) is 25.9 Å². The molecule has 1 saturated carbocycles. The lowest BCUT2D eigenvalue weighted by Crippen LogP contribution is -2.62. The zero-order valence-corrected chi connectivity index (χ0v) is 27.0. The summed E-state index contributed by atoms with van der Waals surface area (Å²) in [5, 5.41) is 18.5. The zero-order chi connectivity index (χ0) is 33.7. The highest BCUT2D eigenvalue weighted by Gasteiger charge is 2.49. The van der Waals surface area contributed by atoms with Crippen LogP contribution in [0.25, 0.3) is 10.6 Å². The van der Waals surface area contributed by atoms with Crippen molar-refractivity contribution in [2.45, 2.75) is 95.9 Å². The van der Waals surface area contributed by atoms with Crippen LogP contribution in [0.1, 0.15) is 92.5 Å². The zero-order valence-electron chi connectivity index (χ0n) is 26.2. The molecule has 3 heterocycles.